The predicted octanol–water partition coefficient (Wildman–Crippen LogP) is 5.46. The second-order valence-corrected chi connectivity index (χ2v) is 8.89. The van der Waals surface area contributed by atoms with Crippen LogP contribution in [0.25, 0.3) is 0 Å². The SMILES string of the molecule is Cc1cccc2c1CN(C(C)(C)CCc1ccc(O)c(OCC(C)C)c1)C2. The summed E-state index contributed by atoms with van der Waals surface area (Å²) in [6.07, 6.45) is 2.03. The molecule has 3 nitrogen and oxygen atoms in total. The molecule has 1 heterocycles. The van der Waals surface area contributed by atoms with Crippen molar-refractivity contribution in [1.29, 1.82) is 0 Å². The van der Waals surface area contributed by atoms with Crippen LogP contribution in [-0.4, -0.2) is 22.2 Å². The van der Waals surface area contributed by atoms with Crippen LogP contribution in [0.2, 0.25) is 0 Å². The molecule has 0 saturated carbocycles. The fourth-order valence-corrected chi connectivity index (χ4v) is 3.71. The molecule has 0 unspecified atom stereocenters. The number of ether oxygens (including phenoxy) is 1. The summed E-state index contributed by atoms with van der Waals surface area (Å²) in [5.74, 6) is 1.26. The molecule has 1 N–H and O–H groups in total. The van der Waals surface area contributed by atoms with Gasteiger partial charge in [0.1, 0.15) is 0 Å². The molecule has 2 aromatic carbocycles. The molecule has 0 radical (unpaired) electrons. The molecule has 0 aliphatic carbocycles. The van der Waals surface area contributed by atoms with Crippen LogP contribution in [0.5, 0.6) is 11.5 Å². The van der Waals surface area contributed by atoms with Gasteiger partial charge in [-0.3, -0.25) is 4.90 Å². The number of benzene rings is 2. The summed E-state index contributed by atoms with van der Waals surface area (Å²) in [6, 6.07) is 12.4. The van der Waals surface area contributed by atoms with Gasteiger partial charge in [0, 0.05) is 18.6 Å². The number of rotatable bonds is 7. The Morgan fingerprint density at radius 1 is 1.15 bits per heavy atom. The Labute approximate surface area is 164 Å². The van der Waals surface area contributed by atoms with Gasteiger partial charge in [0.05, 0.1) is 6.61 Å². The lowest BCUT2D eigenvalue weighted by Gasteiger charge is -2.35. The molecule has 0 amide bonds. The summed E-state index contributed by atoms with van der Waals surface area (Å²) >= 11 is 0. The largest absolute Gasteiger partial charge is 0.504 e. The van der Waals surface area contributed by atoms with Crippen LogP contribution in [0.15, 0.2) is 36.4 Å². The first-order valence-corrected chi connectivity index (χ1v) is 10.0. The second-order valence-electron chi connectivity index (χ2n) is 8.89. The maximum atomic E-state index is 10.0. The number of fused-ring (bicyclic) bond motifs is 1. The molecule has 0 atom stereocenters. The standard InChI is InChI=1S/C24H33NO2/c1-17(2)16-27-23-13-19(9-10-22(23)26)11-12-24(4,5)25-14-20-8-6-7-18(3)21(20)15-25/h6-10,13,17,26H,11-12,14-16H2,1-5H3. The summed E-state index contributed by atoms with van der Waals surface area (Å²) in [6.45, 7) is 13.8. The first kappa shape index (κ1) is 19.8. The quantitative estimate of drug-likeness (QED) is 0.705. The van der Waals surface area contributed by atoms with Crippen LogP contribution in [0.4, 0.5) is 0 Å². The topological polar surface area (TPSA) is 32.7 Å². The molecule has 0 fully saturated rings. The third kappa shape index (κ3) is 4.65. The zero-order valence-corrected chi connectivity index (χ0v) is 17.4. The first-order valence-electron chi connectivity index (χ1n) is 10.0. The van der Waals surface area contributed by atoms with Crippen molar-refractivity contribution < 1.29 is 9.84 Å². The molecule has 0 bridgehead atoms. The van der Waals surface area contributed by atoms with E-state index in [0.29, 0.717) is 18.3 Å². The minimum Gasteiger partial charge on any atom is -0.504 e. The van der Waals surface area contributed by atoms with E-state index in [1.807, 2.05) is 12.1 Å². The zero-order chi connectivity index (χ0) is 19.6. The highest BCUT2D eigenvalue weighted by Crippen LogP contribution is 2.34. The van der Waals surface area contributed by atoms with Crippen molar-refractivity contribution in [1.82, 2.24) is 4.90 Å². The maximum absolute atomic E-state index is 10.0. The van der Waals surface area contributed by atoms with E-state index in [9.17, 15) is 5.11 Å². The number of nitrogens with zero attached hydrogens (tertiary/aromatic N) is 1. The molecule has 27 heavy (non-hydrogen) atoms. The van der Waals surface area contributed by atoms with E-state index in [1.54, 1.807) is 6.07 Å². The molecule has 1 aliphatic heterocycles. The fraction of sp³-hybridized carbons (Fsp3) is 0.500. The minimum absolute atomic E-state index is 0.113. The van der Waals surface area contributed by atoms with Gasteiger partial charge in [0.25, 0.3) is 0 Å². The third-order valence-electron chi connectivity index (χ3n) is 5.70. The van der Waals surface area contributed by atoms with Crippen LogP contribution in [-0.2, 0) is 19.5 Å². The fourth-order valence-electron chi connectivity index (χ4n) is 3.71. The van der Waals surface area contributed by atoms with Gasteiger partial charge < -0.3 is 9.84 Å². The lowest BCUT2D eigenvalue weighted by Crippen LogP contribution is -2.40. The zero-order valence-electron chi connectivity index (χ0n) is 17.4. The Bertz CT molecular complexity index is 795. The van der Waals surface area contributed by atoms with Crippen molar-refractivity contribution in [2.24, 2.45) is 5.92 Å². The van der Waals surface area contributed by atoms with Crippen molar-refractivity contribution in [2.45, 2.75) is 66.1 Å². The molecule has 0 spiro atoms. The molecule has 2 aromatic rings. The van der Waals surface area contributed by atoms with Crippen molar-refractivity contribution in [2.75, 3.05) is 6.61 Å². The Morgan fingerprint density at radius 2 is 1.93 bits per heavy atom. The van der Waals surface area contributed by atoms with Gasteiger partial charge in [-0.05, 0) is 73.9 Å². The van der Waals surface area contributed by atoms with Gasteiger partial charge in [-0.15, -0.1) is 0 Å². The van der Waals surface area contributed by atoms with Crippen molar-refractivity contribution in [3.8, 4) is 11.5 Å². The van der Waals surface area contributed by atoms with E-state index in [0.717, 1.165) is 25.9 Å². The van der Waals surface area contributed by atoms with E-state index in [1.165, 1.54) is 22.3 Å². The van der Waals surface area contributed by atoms with Crippen LogP contribution < -0.4 is 4.74 Å². The lowest BCUT2D eigenvalue weighted by atomic mass is 9.93. The molecular formula is C24H33NO2. The van der Waals surface area contributed by atoms with Crippen LogP contribution in [0, 0.1) is 12.8 Å². The molecular weight excluding hydrogens is 334 g/mol. The highest BCUT2D eigenvalue weighted by Gasteiger charge is 2.32. The second kappa shape index (κ2) is 7.93. The van der Waals surface area contributed by atoms with E-state index in [2.05, 4.69) is 57.7 Å². The molecule has 1 aliphatic rings. The van der Waals surface area contributed by atoms with Gasteiger partial charge in [-0.2, -0.15) is 0 Å². The van der Waals surface area contributed by atoms with Crippen molar-refractivity contribution in [3.63, 3.8) is 0 Å². The van der Waals surface area contributed by atoms with Crippen LogP contribution in [0.3, 0.4) is 0 Å². The van der Waals surface area contributed by atoms with Gasteiger partial charge in [0.15, 0.2) is 11.5 Å². The molecule has 0 saturated heterocycles. The minimum atomic E-state index is 0.113. The van der Waals surface area contributed by atoms with Gasteiger partial charge >= 0.3 is 0 Å². The maximum Gasteiger partial charge on any atom is 0.161 e. The van der Waals surface area contributed by atoms with Crippen LogP contribution >= 0.6 is 0 Å². The van der Waals surface area contributed by atoms with E-state index in [4.69, 9.17) is 4.74 Å². The average Bonchev–Trinajstić information content (AvgIpc) is 3.06. The van der Waals surface area contributed by atoms with Crippen LogP contribution in [0.1, 0.15) is 56.4 Å². The predicted molar refractivity (Wildman–Crippen MR) is 111 cm³/mol. The molecule has 146 valence electrons. The van der Waals surface area contributed by atoms with Gasteiger partial charge in [-0.1, -0.05) is 38.1 Å². The first-order chi connectivity index (χ1) is 12.8. The van der Waals surface area contributed by atoms with Gasteiger partial charge in [-0.25, -0.2) is 0 Å². The Hall–Kier alpha value is -2.00. The smallest absolute Gasteiger partial charge is 0.161 e. The van der Waals surface area contributed by atoms with Gasteiger partial charge in [0.2, 0.25) is 0 Å². The molecule has 3 heteroatoms. The average molecular weight is 368 g/mol. The van der Waals surface area contributed by atoms with E-state index in [-0.39, 0.29) is 11.3 Å². The molecule has 0 aromatic heterocycles. The van der Waals surface area contributed by atoms with E-state index >= 15 is 0 Å². The lowest BCUT2D eigenvalue weighted by molar-refractivity contribution is 0.109. The normalized spacial score (nSPS) is 14.6. The molecule has 3 rings (SSSR count). The highest BCUT2D eigenvalue weighted by atomic mass is 16.5. The summed E-state index contributed by atoms with van der Waals surface area (Å²) in [7, 11) is 0. The summed E-state index contributed by atoms with van der Waals surface area (Å²) in [5, 5.41) is 10.0. The number of phenols is 1. The monoisotopic (exact) mass is 367 g/mol. The number of aromatic hydroxyl groups is 1. The Kier molecular flexibility index (Phi) is 5.81. The number of hydrogen-bond acceptors (Lipinski definition) is 3. The summed E-state index contributed by atoms with van der Waals surface area (Å²) in [5.41, 5.74) is 5.70. The Morgan fingerprint density at radius 3 is 2.63 bits per heavy atom. The number of aryl methyl sites for hydroxylation is 2. The number of hydrogen-bond donors (Lipinski definition) is 1. The summed E-state index contributed by atoms with van der Waals surface area (Å²) in [4.78, 5) is 2.58. The van der Waals surface area contributed by atoms with Crippen molar-refractivity contribution in [3.05, 3.63) is 58.7 Å². The van der Waals surface area contributed by atoms with E-state index < -0.39 is 0 Å². The third-order valence-corrected chi connectivity index (χ3v) is 5.70. The summed E-state index contributed by atoms with van der Waals surface area (Å²) < 4.78 is 5.77. The Balaban J connectivity index is 1.64. The van der Waals surface area contributed by atoms with Crippen molar-refractivity contribution >= 4 is 0 Å². The number of phenolic OH excluding ortho intramolecular Hbond substituents is 1. The highest BCUT2D eigenvalue weighted by molar-refractivity contribution is 5.42.